The molecule has 0 amide bonds. The van der Waals surface area contributed by atoms with Crippen LogP contribution in [0.3, 0.4) is 0 Å². The summed E-state index contributed by atoms with van der Waals surface area (Å²) in [6.07, 6.45) is 0. The summed E-state index contributed by atoms with van der Waals surface area (Å²) in [5.74, 6) is -1.05. The predicted molar refractivity (Wildman–Crippen MR) is 116 cm³/mol. The van der Waals surface area contributed by atoms with Crippen LogP contribution in [-0.2, 0) is 15.4 Å². The fourth-order valence-electron chi connectivity index (χ4n) is 3.59. The number of halogens is 2. The summed E-state index contributed by atoms with van der Waals surface area (Å²) in [5, 5.41) is 3.23. The van der Waals surface area contributed by atoms with Gasteiger partial charge >= 0.3 is 0 Å². The molecule has 0 spiro atoms. The molecular formula is C21H19BF2N2O4S. The van der Waals surface area contributed by atoms with Crippen LogP contribution in [0.15, 0.2) is 50.5 Å². The Labute approximate surface area is 180 Å². The number of nitrogens with zero attached hydrogens (tertiary/aromatic N) is 1. The second kappa shape index (κ2) is 8.80. The van der Waals surface area contributed by atoms with Crippen LogP contribution in [0.5, 0.6) is 0 Å². The molecule has 1 N–H and O–H groups in total. The van der Waals surface area contributed by atoms with E-state index in [1.807, 2.05) is 4.90 Å². The quantitative estimate of drug-likeness (QED) is 0.610. The number of hydrogen-bond acceptors (Lipinski definition) is 6. The fourth-order valence-corrected chi connectivity index (χ4v) is 4.06. The Morgan fingerprint density at radius 2 is 1.77 bits per heavy atom. The Kier molecular flexibility index (Phi) is 6.11. The molecule has 2 heterocycles. The number of hydrogen-bond donors (Lipinski definition) is 1. The summed E-state index contributed by atoms with van der Waals surface area (Å²) in [7, 11) is 3.72. The predicted octanol–water partition coefficient (Wildman–Crippen LogP) is 3.27. The highest BCUT2D eigenvalue weighted by molar-refractivity contribution is 8.06. The molecule has 2 aromatic carbocycles. The third-order valence-corrected chi connectivity index (χ3v) is 5.79. The third kappa shape index (κ3) is 4.64. The Bertz CT molecular complexity index is 1190. The van der Waals surface area contributed by atoms with E-state index in [4.69, 9.17) is 16.3 Å². The van der Waals surface area contributed by atoms with Crippen molar-refractivity contribution in [3.63, 3.8) is 0 Å². The molecule has 0 aliphatic carbocycles. The van der Waals surface area contributed by atoms with Crippen molar-refractivity contribution in [2.75, 3.05) is 36.5 Å². The molecular weight excluding hydrogens is 425 g/mol. The highest BCUT2D eigenvalue weighted by atomic mass is 32.2. The molecule has 0 bridgehead atoms. The average molecular weight is 444 g/mol. The highest BCUT2D eigenvalue weighted by Crippen LogP contribution is 2.31. The molecule has 10 heteroatoms. The molecule has 2 atom stereocenters. The van der Waals surface area contributed by atoms with Gasteiger partial charge in [-0.2, -0.15) is 0 Å². The molecule has 160 valence electrons. The summed E-state index contributed by atoms with van der Waals surface area (Å²) in [6, 6.07) is 6.94. The fraction of sp³-hybridized carbons (Fsp3) is 0.286. The van der Waals surface area contributed by atoms with Crippen molar-refractivity contribution < 1.29 is 22.1 Å². The summed E-state index contributed by atoms with van der Waals surface area (Å²) in [6.45, 7) is 3.92. The van der Waals surface area contributed by atoms with E-state index in [9.17, 15) is 17.8 Å². The minimum atomic E-state index is -1.84. The van der Waals surface area contributed by atoms with E-state index in [-0.39, 0.29) is 21.4 Å². The highest BCUT2D eigenvalue weighted by Gasteiger charge is 2.20. The molecule has 6 nitrogen and oxygen atoms in total. The Morgan fingerprint density at radius 1 is 1.10 bits per heavy atom. The van der Waals surface area contributed by atoms with E-state index in [2.05, 4.69) is 5.32 Å². The molecule has 1 aromatic heterocycles. The Hall–Kier alpha value is -2.72. The van der Waals surface area contributed by atoms with E-state index < -0.39 is 28.3 Å². The van der Waals surface area contributed by atoms with Crippen molar-refractivity contribution in [3.8, 4) is 0 Å². The van der Waals surface area contributed by atoms with Crippen LogP contribution in [0.25, 0.3) is 11.0 Å². The van der Waals surface area contributed by atoms with Gasteiger partial charge in [-0.15, -0.1) is 0 Å². The number of nitrogens with one attached hydrogen (secondary N) is 1. The SMILES string of the molecule is [B]S(=O)c1cc(C(C)Nc2cc(F)cc(F)c2)c2oc(N3CCOCC3)cc(=O)c2c1. The van der Waals surface area contributed by atoms with E-state index in [1.54, 1.807) is 13.0 Å². The number of rotatable bonds is 5. The van der Waals surface area contributed by atoms with Gasteiger partial charge in [-0.3, -0.25) is 9.00 Å². The van der Waals surface area contributed by atoms with E-state index >= 15 is 0 Å². The van der Waals surface area contributed by atoms with Crippen LogP contribution in [-0.4, -0.2) is 37.6 Å². The molecule has 3 aromatic rings. The van der Waals surface area contributed by atoms with Crippen molar-refractivity contribution in [2.24, 2.45) is 0 Å². The van der Waals surface area contributed by atoms with E-state index in [1.165, 1.54) is 12.1 Å². The van der Waals surface area contributed by atoms with Crippen LogP contribution in [0.1, 0.15) is 18.5 Å². The van der Waals surface area contributed by atoms with Gasteiger partial charge in [-0.05, 0) is 41.8 Å². The van der Waals surface area contributed by atoms with Crippen LogP contribution < -0.4 is 15.6 Å². The van der Waals surface area contributed by atoms with Gasteiger partial charge < -0.3 is 19.4 Å². The van der Waals surface area contributed by atoms with Gasteiger partial charge in [0.1, 0.15) is 17.2 Å². The van der Waals surface area contributed by atoms with Crippen molar-refractivity contribution in [1.82, 2.24) is 0 Å². The molecule has 1 fully saturated rings. The lowest BCUT2D eigenvalue weighted by atomic mass is 10.0. The number of anilines is 2. The molecule has 1 aliphatic rings. The summed E-state index contributed by atoms with van der Waals surface area (Å²) >= 11 is 0. The van der Waals surface area contributed by atoms with Crippen molar-refractivity contribution in [1.29, 1.82) is 0 Å². The summed E-state index contributed by atoms with van der Waals surface area (Å²) < 4.78 is 50.6. The zero-order chi connectivity index (χ0) is 22.1. The maximum Gasteiger partial charge on any atom is 0.217 e. The molecule has 31 heavy (non-hydrogen) atoms. The van der Waals surface area contributed by atoms with Crippen LogP contribution >= 0.6 is 0 Å². The first-order valence-electron chi connectivity index (χ1n) is 9.65. The van der Waals surface area contributed by atoms with Gasteiger partial charge in [-0.1, -0.05) is 0 Å². The Morgan fingerprint density at radius 3 is 2.42 bits per heavy atom. The second-order valence-electron chi connectivity index (χ2n) is 7.26. The zero-order valence-electron chi connectivity index (χ0n) is 16.7. The normalized spacial score (nSPS) is 16.3. The molecule has 2 radical (unpaired) electrons. The molecule has 0 saturated carbocycles. The average Bonchev–Trinajstić information content (AvgIpc) is 2.72. The topological polar surface area (TPSA) is 71.8 Å². The first kappa shape index (κ1) is 21.5. The molecule has 2 unspecified atom stereocenters. The maximum atomic E-state index is 13.6. The molecule has 4 rings (SSSR count). The summed E-state index contributed by atoms with van der Waals surface area (Å²) in [5.41, 5.74) is 0.688. The first-order valence-corrected chi connectivity index (χ1v) is 10.9. The number of benzene rings is 2. The van der Waals surface area contributed by atoms with Gasteiger partial charge in [0.25, 0.3) is 0 Å². The standard InChI is InChI=1S/C21H19BF2N2O4S/c1-12(25-15-7-13(23)6-14(24)8-15)17-9-16(31(22)28)10-18-19(27)11-20(30-21(17)18)26-2-4-29-5-3-26/h6-12,25H,2-5H2,1H3. The third-order valence-electron chi connectivity index (χ3n) is 5.09. The lowest BCUT2D eigenvalue weighted by Crippen LogP contribution is -2.36. The number of ether oxygens (including phenoxy) is 1. The van der Waals surface area contributed by atoms with Crippen molar-refractivity contribution >= 4 is 40.3 Å². The molecule has 1 saturated heterocycles. The number of morpholine rings is 1. The Balaban J connectivity index is 1.83. The minimum Gasteiger partial charge on any atom is -0.440 e. The largest absolute Gasteiger partial charge is 0.440 e. The zero-order valence-corrected chi connectivity index (χ0v) is 17.5. The minimum absolute atomic E-state index is 0.212. The first-order chi connectivity index (χ1) is 14.8. The van der Waals surface area contributed by atoms with Crippen molar-refractivity contribution in [2.45, 2.75) is 17.9 Å². The van der Waals surface area contributed by atoms with Crippen LogP contribution in [0, 0.1) is 11.6 Å². The monoisotopic (exact) mass is 444 g/mol. The van der Waals surface area contributed by atoms with Crippen LogP contribution in [0.2, 0.25) is 0 Å². The van der Waals surface area contributed by atoms with Gasteiger partial charge in [-0.25, -0.2) is 8.78 Å². The second-order valence-corrected chi connectivity index (χ2v) is 8.33. The lowest BCUT2D eigenvalue weighted by molar-refractivity contribution is 0.121. The maximum absolute atomic E-state index is 13.6. The smallest absolute Gasteiger partial charge is 0.217 e. The van der Waals surface area contributed by atoms with Gasteiger partial charge in [0, 0.05) is 41.4 Å². The van der Waals surface area contributed by atoms with Gasteiger partial charge in [0.2, 0.25) is 7.12 Å². The van der Waals surface area contributed by atoms with E-state index in [0.29, 0.717) is 43.3 Å². The van der Waals surface area contributed by atoms with Gasteiger partial charge in [0.05, 0.1) is 24.6 Å². The van der Waals surface area contributed by atoms with Crippen molar-refractivity contribution in [3.05, 3.63) is 63.8 Å². The van der Waals surface area contributed by atoms with Gasteiger partial charge in [0.15, 0.2) is 11.3 Å². The van der Waals surface area contributed by atoms with E-state index in [0.717, 1.165) is 18.2 Å². The summed E-state index contributed by atoms with van der Waals surface area (Å²) in [4.78, 5) is 15.0. The number of fused-ring (bicyclic) bond motifs is 1. The molecule has 1 aliphatic heterocycles. The van der Waals surface area contributed by atoms with Crippen LogP contribution in [0.4, 0.5) is 20.4 Å². The lowest BCUT2D eigenvalue weighted by Gasteiger charge is -2.27.